The number of thioether (sulfide) groups is 1. The lowest BCUT2D eigenvalue weighted by Gasteiger charge is -2.18. The number of benzene rings is 3. The molecule has 1 aromatic heterocycles. The van der Waals surface area contributed by atoms with E-state index in [1.807, 2.05) is 0 Å². The van der Waals surface area contributed by atoms with Crippen LogP contribution in [0.3, 0.4) is 0 Å². The molecule has 1 N–H and O–H groups in total. The molecular weight excluding hydrogens is 624 g/mol. The molecule has 234 valence electrons. The van der Waals surface area contributed by atoms with Gasteiger partial charge in [-0.05, 0) is 42.0 Å². The third-order valence-corrected chi connectivity index (χ3v) is 8.07. The van der Waals surface area contributed by atoms with Crippen molar-refractivity contribution in [1.82, 2.24) is 14.7 Å². The first-order valence-corrected chi connectivity index (χ1v) is 14.2. The molecule has 1 aliphatic rings. The van der Waals surface area contributed by atoms with Crippen molar-refractivity contribution in [3.8, 4) is 0 Å². The van der Waals surface area contributed by atoms with E-state index >= 15 is 0 Å². The van der Waals surface area contributed by atoms with Gasteiger partial charge in [-0.2, -0.15) is 31.4 Å². The van der Waals surface area contributed by atoms with E-state index in [0.29, 0.717) is 16.5 Å². The maximum atomic E-state index is 13.6. The lowest BCUT2D eigenvalue weighted by molar-refractivity contribution is -0.138. The number of hydrogen-bond acceptors (Lipinski definition) is 6. The van der Waals surface area contributed by atoms with Crippen molar-refractivity contribution in [2.75, 3.05) is 5.32 Å². The fourth-order valence-electron chi connectivity index (χ4n) is 4.71. The molecule has 3 aromatic carbocycles. The predicted octanol–water partition coefficient (Wildman–Crippen LogP) is 6.00. The van der Waals surface area contributed by atoms with E-state index in [-0.39, 0.29) is 35.1 Å². The van der Waals surface area contributed by atoms with Crippen molar-refractivity contribution < 1.29 is 35.9 Å². The monoisotopic (exact) mass is 647 g/mol. The van der Waals surface area contributed by atoms with Gasteiger partial charge in [0.1, 0.15) is 5.25 Å². The van der Waals surface area contributed by atoms with Crippen LogP contribution in [0.2, 0.25) is 0 Å². The van der Waals surface area contributed by atoms with Gasteiger partial charge in [-0.25, -0.2) is 4.68 Å². The summed E-state index contributed by atoms with van der Waals surface area (Å²) in [5.41, 5.74) is -1.74. The van der Waals surface area contributed by atoms with Crippen LogP contribution in [0, 0.1) is 0 Å². The van der Waals surface area contributed by atoms with Crippen LogP contribution in [-0.2, 0) is 42.1 Å². The van der Waals surface area contributed by atoms with Gasteiger partial charge >= 0.3 is 12.4 Å². The van der Waals surface area contributed by atoms with E-state index in [0.717, 1.165) is 46.8 Å². The Morgan fingerprint density at radius 1 is 0.911 bits per heavy atom. The number of amides is 2. The van der Waals surface area contributed by atoms with Gasteiger partial charge in [0.15, 0.2) is 5.17 Å². The molecule has 45 heavy (non-hydrogen) atoms. The molecule has 0 radical (unpaired) electrons. The minimum Gasteiger partial charge on any atom is -0.326 e. The Labute approximate surface area is 255 Å². The second-order valence-corrected chi connectivity index (χ2v) is 11.2. The van der Waals surface area contributed by atoms with Gasteiger partial charge in [0.25, 0.3) is 5.56 Å². The van der Waals surface area contributed by atoms with E-state index < -0.39 is 47.0 Å². The second kappa shape index (κ2) is 12.4. The molecule has 5 rings (SSSR count). The number of anilines is 1. The molecule has 1 aliphatic heterocycles. The molecule has 0 bridgehead atoms. The average molecular weight is 648 g/mol. The second-order valence-electron chi connectivity index (χ2n) is 10.1. The molecule has 2 amide bonds. The number of halogens is 6. The predicted molar refractivity (Wildman–Crippen MR) is 156 cm³/mol. The maximum Gasteiger partial charge on any atom is 0.416 e. The summed E-state index contributed by atoms with van der Waals surface area (Å²) in [7, 11) is 1.45. The van der Waals surface area contributed by atoms with Crippen molar-refractivity contribution in [2.24, 2.45) is 12.0 Å². The number of alkyl halides is 6. The number of rotatable bonds is 7. The van der Waals surface area contributed by atoms with Gasteiger partial charge in [0, 0.05) is 24.5 Å². The third-order valence-electron chi connectivity index (χ3n) is 6.86. The standard InChI is InChI=1S/C30H23F6N5O3S/c1-40-26(43)22-11-3-2-10-21(22)23(39-40)16-41-27(44)24(14-25(42)38-20-9-5-8-19(13-20)30(34,35)36)45-28(41)37-15-17-6-4-7-18(12-17)29(31,32)33/h2-13,24H,14-16H2,1H3,(H,38,42). The van der Waals surface area contributed by atoms with Crippen LogP contribution in [0.15, 0.2) is 82.6 Å². The Hall–Kier alpha value is -4.66. The normalized spacial score (nSPS) is 16.5. The van der Waals surface area contributed by atoms with Crippen LogP contribution >= 0.6 is 11.8 Å². The van der Waals surface area contributed by atoms with Gasteiger partial charge in [-0.3, -0.25) is 24.3 Å². The van der Waals surface area contributed by atoms with Crippen LogP contribution in [0.5, 0.6) is 0 Å². The van der Waals surface area contributed by atoms with Crippen LogP contribution in [0.25, 0.3) is 10.8 Å². The van der Waals surface area contributed by atoms with Gasteiger partial charge in [0.2, 0.25) is 11.8 Å². The first-order valence-electron chi connectivity index (χ1n) is 13.3. The van der Waals surface area contributed by atoms with Crippen LogP contribution in [0.1, 0.15) is 28.8 Å². The fraction of sp³-hybridized carbons (Fsp3) is 0.233. The molecule has 0 saturated carbocycles. The molecule has 1 atom stereocenters. The maximum absolute atomic E-state index is 13.6. The van der Waals surface area contributed by atoms with Gasteiger partial charge < -0.3 is 5.32 Å². The topological polar surface area (TPSA) is 96.7 Å². The molecule has 1 unspecified atom stereocenters. The van der Waals surface area contributed by atoms with E-state index in [1.54, 1.807) is 24.3 Å². The number of carbonyl (C=O) groups is 2. The Morgan fingerprint density at radius 2 is 1.56 bits per heavy atom. The van der Waals surface area contributed by atoms with E-state index in [4.69, 9.17) is 0 Å². The van der Waals surface area contributed by atoms with E-state index in [9.17, 15) is 40.7 Å². The Balaban J connectivity index is 1.43. The molecule has 4 aromatic rings. The summed E-state index contributed by atoms with van der Waals surface area (Å²) in [6, 6.07) is 15.2. The summed E-state index contributed by atoms with van der Waals surface area (Å²) < 4.78 is 80.2. The number of nitrogens with one attached hydrogen (secondary N) is 1. The number of amidine groups is 1. The first kappa shape index (κ1) is 31.8. The molecular formula is C30H23F6N5O3S. The van der Waals surface area contributed by atoms with Crippen molar-refractivity contribution in [3.05, 3.63) is 106 Å². The lowest BCUT2D eigenvalue weighted by atomic mass is 10.1. The molecule has 1 fully saturated rings. The molecule has 8 nitrogen and oxygen atoms in total. The quantitative estimate of drug-likeness (QED) is 0.249. The molecule has 15 heteroatoms. The summed E-state index contributed by atoms with van der Waals surface area (Å²) in [6.07, 6.45) is -9.62. The number of fused-ring (bicyclic) bond motifs is 1. The van der Waals surface area contributed by atoms with Gasteiger partial charge in [-0.1, -0.05) is 48.2 Å². The number of aryl methyl sites for hydroxylation is 1. The largest absolute Gasteiger partial charge is 0.416 e. The molecule has 2 heterocycles. The van der Waals surface area contributed by atoms with Crippen LogP contribution in [-0.4, -0.2) is 36.9 Å². The first-order chi connectivity index (χ1) is 21.2. The SMILES string of the molecule is Cn1nc(CN2C(=O)C(CC(=O)Nc3cccc(C(F)(F)F)c3)SC2=NCc2cccc(C(F)(F)F)c2)c2ccccc2c1=O. The molecule has 0 spiro atoms. The van der Waals surface area contributed by atoms with Crippen molar-refractivity contribution in [3.63, 3.8) is 0 Å². The Bertz CT molecular complexity index is 1870. The Kier molecular flexibility index (Phi) is 8.74. The number of aromatic nitrogens is 2. The average Bonchev–Trinajstić information content (AvgIpc) is 3.27. The van der Waals surface area contributed by atoms with Gasteiger partial charge in [-0.15, -0.1) is 0 Å². The third kappa shape index (κ3) is 7.19. The van der Waals surface area contributed by atoms with Crippen molar-refractivity contribution in [1.29, 1.82) is 0 Å². The van der Waals surface area contributed by atoms with E-state index in [1.165, 1.54) is 30.1 Å². The lowest BCUT2D eigenvalue weighted by Crippen LogP contribution is -2.34. The highest BCUT2D eigenvalue weighted by atomic mass is 32.2. The summed E-state index contributed by atoms with van der Waals surface area (Å²) in [5, 5.41) is 6.57. The highest BCUT2D eigenvalue weighted by Gasteiger charge is 2.40. The van der Waals surface area contributed by atoms with Crippen LogP contribution < -0.4 is 10.9 Å². The highest BCUT2D eigenvalue weighted by Crippen LogP contribution is 2.34. The van der Waals surface area contributed by atoms with Crippen LogP contribution in [0.4, 0.5) is 32.0 Å². The summed E-state index contributed by atoms with van der Waals surface area (Å²) in [5.74, 6) is -1.30. The number of carbonyl (C=O) groups excluding carboxylic acids is 2. The van der Waals surface area contributed by atoms with Crippen molar-refractivity contribution in [2.45, 2.75) is 37.1 Å². The smallest absolute Gasteiger partial charge is 0.326 e. The van der Waals surface area contributed by atoms with E-state index in [2.05, 4.69) is 15.4 Å². The summed E-state index contributed by atoms with van der Waals surface area (Å²) in [6.45, 7) is -0.395. The zero-order valence-corrected chi connectivity index (χ0v) is 24.1. The number of aliphatic imine (C=N–C) groups is 1. The minimum atomic E-state index is -4.62. The summed E-state index contributed by atoms with van der Waals surface area (Å²) in [4.78, 5) is 44.7. The van der Waals surface area contributed by atoms with Gasteiger partial charge in [0.05, 0.1) is 35.3 Å². The molecule has 0 aliphatic carbocycles. The molecule has 1 saturated heterocycles. The zero-order chi connectivity index (χ0) is 32.5. The summed E-state index contributed by atoms with van der Waals surface area (Å²) >= 11 is 0.901. The number of nitrogens with zero attached hydrogens (tertiary/aromatic N) is 4. The Morgan fingerprint density at radius 3 is 2.24 bits per heavy atom. The number of hydrogen-bond donors (Lipinski definition) is 1. The minimum absolute atomic E-state index is 0.106. The highest BCUT2D eigenvalue weighted by molar-refractivity contribution is 8.15. The zero-order valence-electron chi connectivity index (χ0n) is 23.3. The fourth-order valence-corrected chi connectivity index (χ4v) is 5.85. The van der Waals surface area contributed by atoms with Crippen molar-refractivity contribution >= 4 is 45.2 Å².